The van der Waals surface area contributed by atoms with Gasteiger partial charge in [0.1, 0.15) is 5.75 Å². The third-order valence-corrected chi connectivity index (χ3v) is 7.75. The summed E-state index contributed by atoms with van der Waals surface area (Å²) in [4.78, 5) is 26.6. The summed E-state index contributed by atoms with van der Waals surface area (Å²) in [5, 5.41) is 12.7. The van der Waals surface area contributed by atoms with Crippen molar-refractivity contribution in [1.82, 2.24) is 9.88 Å². The number of ether oxygens (including phenoxy) is 2. The minimum Gasteiger partial charge on any atom is -0.492 e. The number of benzene rings is 1. The first-order chi connectivity index (χ1) is 16.4. The van der Waals surface area contributed by atoms with E-state index < -0.39 is 6.09 Å². The number of carboxylic acid groups (broad SMARTS) is 1. The highest BCUT2D eigenvalue weighted by atomic mass is 16.5. The van der Waals surface area contributed by atoms with E-state index >= 15 is 0 Å². The van der Waals surface area contributed by atoms with E-state index in [1.165, 1.54) is 0 Å². The zero-order valence-corrected chi connectivity index (χ0v) is 20.1. The van der Waals surface area contributed by atoms with Gasteiger partial charge in [0.05, 0.1) is 12.1 Å². The molecule has 34 heavy (non-hydrogen) atoms. The Morgan fingerprint density at radius 1 is 1.24 bits per heavy atom. The second-order valence-electron chi connectivity index (χ2n) is 10.2. The molecule has 0 spiro atoms. The maximum absolute atomic E-state index is 13.2. The second-order valence-corrected chi connectivity index (χ2v) is 10.2. The van der Waals surface area contributed by atoms with Crippen LogP contribution in [0.5, 0.6) is 5.75 Å². The van der Waals surface area contributed by atoms with Gasteiger partial charge in [-0.1, -0.05) is 0 Å². The lowest BCUT2D eigenvalue weighted by atomic mass is 10.0. The van der Waals surface area contributed by atoms with Crippen LogP contribution >= 0.6 is 0 Å². The quantitative estimate of drug-likeness (QED) is 0.638. The van der Waals surface area contributed by atoms with Crippen molar-refractivity contribution in [3.05, 3.63) is 34.1 Å². The van der Waals surface area contributed by atoms with Gasteiger partial charge in [-0.15, -0.1) is 0 Å². The van der Waals surface area contributed by atoms with Crippen LogP contribution in [0.4, 0.5) is 10.5 Å². The van der Waals surface area contributed by atoms with Gasteiger partial charge in [0.2, 0.25) is 0 Å². The lowest BCUT2D eigenvalue weighted by Gasteiger charge is -2.26. The van der Waals surface area contributed by atoms with Gasteiger partial charge in [0.25, 0.3) is 5.56 Å². The number of amides is 1. The van der Waals surface area contributed by atoms with E-state index in [0.29, 0.717) is 18.3 Å². The van der Waals surface area contributed by atoms with Gasteiger partial charge in [-0.3, -0.25) is 4.79 Å². The fraction of sp³-hybridized carbons (Fsp3) is 0.615. The van der Waals surface area contributed by atoms with E-state index in [0.717, 1.165) is 80.6 Å². The largest absolute Gasteiger partial charge is 0.492 e. The fourth-order valence-corrected chi connectivity index (χ4v) is 5.57. The molecule has 8 heteroatoms. The molecule has 1 aromatic heterocycles. The number of anilines is 1. The summed E-state index contributed by atoms with van der Waals surface area (Å²) in [5.74, 6) is 1.39. The molecule has 1 saturated carbocycles. The van der Waals surface area contributed by atoms with Crippen LogP contribution in [0.15, 0.2) is 23.0 Å². The van der Waals surface area contributed by atoms with E-state index in [9.17, 15) is 9.59 Å². The molecule has 2 atom stereocenters. The summed E-state index contributed by atoms with van der Waals surface area (Å²) < 4.78 is 13.7. The lowest BCUT2D eigenvalue weighted by Crippen LogP contribution is -2.38. The monoisotopic (exact) mass is 469 g/mol. The Balaban J connectivity index is 1.46. The average Bonchev–Trinajstić information content (AvgIpc) is 3.53. The van der Waals surface area contributed by atoms with Gasteiger partial charge in [-0.05, 0) is 75.5 Å². The summed E-state index contributed by atoms with van der Waals surface area (Å²) in [7, 11) is 0. The Bertz CT molecular complexity index is 1120. The highest BCUT2D eigenvalue weighted by Gasteiger charge is 2.32. The third kappa shape index (κ3) is 4.60. The standard InChI is InChI=1S/C26H35N3O5/c1-16-22(28-10-7-19(14-28)17(2)27-26(31)32)6-5-21-23(34-15-18-8-11-33-12-9-18)13-24(30)29(25(16)21)20-3-4-20/h5-6,13,17-20,27H,3-4,7-12,14-15H2,1-2H3,(H,31,32)/t17-,19+/m0/s1. The van der Waals surface area contributed by atoms with E-state index in [4.69, 9.17) is 14.6 Å². The van der Waals surface area contributed by atoms with Gasteiger partial charge < -0.3 is 29.4 Å². The molecule has 3 fully saturated rings. The second kappa shape index (κ2) is 9.49. The minimum absolute atomic E-state index is 0.0100. The molecule has 1 aromatic carbocycles. The third-order valence-electron chi connectivity index (χ3n) is 7.75. The van der Waals surface area contributed by atoms with Gasteiger partial charge >= 0.3 is 6.09 Å². The molecule has 0 bridgehead atoms. The molecule has 3 aliphatic rings. The van der Waals surface area contributed by atoms with Crippen molar-refractivity contribution in [2.45, 2.75) is 58.0 Å². The van der Waals surface area contributed by atoms with Gasteiger partial charge in [0, 0.05) is 55.5 Å². The Labute approximate surface area is 199 Å². The molecule has 184 valence electrons. The average molecular weight is 470 g/mol. The van der Waals surface area contributed by atoms with Crippen molar-refractivity contribution in [2.24, 2.45) is 11.8 Å². The maximum atomic E-state index is 13.2. The Morgan fingerprint density at radius 2 is 2.00 bits per heavy atom. The molecule has 3 heterocycles. The Morgan fingerprint density at radius 3 is 2.71 bits per heavy atom. The molecular formula is C26H35N3O5. The molecule has 5 rings (SSSR count). The molecule has 2 aromatic rings. The van der Waals surface area contributed by atoms with Crippen LogP contribution in [0.2, 0.25) is 0 Å². The Kier molecular flexibility index (Phi) is 6.42. The van der Waals surface area contributed by atoms with Gasteiger partial charge in [-0.25, -0.2) is 4.79 Å². The van der Waals surface area contributed by atoms with Gasteiger partial charge in [0.15, 0.2) is 0 Å². The first-order valence-corrected chi connectivity index (χ1v) is 12.6. The van der Waals surface area contributed by atoms with Crippen LogP contribution in [0, 0.1) is 18.8 Å². The highest BCUT2D eigenvalue weighted by molar-refractivity contribution is 5.92. The number of aromatic nitrogens is 1. The van der Waals surface area contributed by atoms with E-state index in [2.05, 4.69) is 29.3 Å². The van der Waals surface area contributed by atoms with Crippen LogP contribution < -0.4 is 20.5 Å². The molecular weight excluding hydrogens is 434 g/mol. The van der Waals surface area contributed by atoms with E-state index in [1.807, 2.05) is 11.5 Å². The number of fused-ring (bicyclic) bond motifs is 1. The first-order valence-electron chi connectivity index (χ1n) is 12.6. The van der Waals surface area contributed by atoms with Crippen LogP contribution in [0.25, 0.3) is 10.9 Å². The van der Waals surface area contributed by atoms with Crippen LogP contribution in [0.1, 0.15) is 50.6 Å². The topological polar surface area (TPSA) is 93.0 Å². The number of carbonyl (C=O) groups is 1. The molecule has 2 aliphatic heterocycles. The van der Waals surface area contributed by atoms with Gasteiger partial charge in [-0.2, -0.15) is 0 Å². The molecule has 0 radical (unpaired) electrons. The van der Waals surface area contributed by atoms with Crippen molar-refractivity contribution in [1.29, 1.82) is 0 Å². The predicted molar refractivity (Wildman–Crippen MR) is 131 cm³/mol. The first kappa shape index (κ1) is 23.0. The normalized spacial score (nSPS) is 22.2. The number of hydrogen-bond acceptors (Lipinski definition) is 5. The molecule has 8 nitrogen and oxygen atoms in total. The summed E-state index contributed by atoms with van der Waals surface area (Å²) in [6, 6.07) is 6.07. The maximum Gasteiger partial charge on any atom is 0.404 e. The van der Waals surface area contributed by atoms with Crippen LogP contribution in [-0.4, -0.2) is 54.7 Å². The zero-order valence-electron chi connectivity index (χ0n) is 20.1. The van der Waals surface area contributed by atoms with Crippen molar-refractivity contribution in [3.63, 3.8) is 0 Å². The molecule has 1 aliphatic carbocycles. The lowest BCUT2D eigenvalue weighted by molar-refractivity contribution is 0.0499. The molecule has 2 N–H and O–H groups in total. The number of nitrogens with one attached hydrogen (secondary N) is 1. The Hall–Kier alpha value is -2.74. The predicted octanol–water partition coefficient (Wildman–Crippen LogP) is 3.93. The number of aryl methyl sites for hydroxylation is 1. The number of nitrogens with zero attached hydrogens (tertiary/aromatic N) is 2. The van der Waals surface area contributed by atoms with E-state index in [1.54, 1.807) is 6.07 Å². The molecule has 1 amide bonds. The summed E-state index contributed by atoms with van der Waals surface area (Å²) in [6.07, 6.45) is 4.00. The smallest absolute Gasteiger partial charge is 0.404 e. The number of pyridine rings is 1. The summed E-state index contributed by atoms with van der Waals surface area (Å²) in [6.45, 7) is 7.86. The van der Waals surface area contributed by atoms with Crippen LogP contribution in [-0.2, 0) is 4.74 Å². The highest BCUT2D eigenvalue weighted by Crippen LogP contribution is 2.41. The van der Waals surface area contributed by atoms with Crippen molar-refractivity contribution < 1.29 is 19.4 Å². The molecule has 0 unspecified atom stereocenters. The van der Waals surface area contributed by atoms with Crippen LogP contribution in [0.3, 0.4) is 0 Å². The molecule has 2 saturated heterocycles. The number of hydrogen-bond donors (Lipinski definition) is 2. The summed E-state index contributed by atoms with van der Waals surface area (Å²) in [5.41, 5.74) is 3.20. The summed E-state index contributed by atoms with van der Waals surface area (Å²) >= 11 is 0. The van der Waals surface area contributed by atoms with Crippen molar-refractivity contribution >= 4 is 22.7 Å². The SMILES string of the molecule is Cc1c(N2CC[C@@H]([C@H](C)NC(=O)O)C2)ccc2c(OCC3CCOCC3)cc(=O)n(C3CC3)c12. The van der Waals surface area contributed by atoms with Crippen molar-refractivity contribution in [2.75, 3.05) is 37.8 Å². The van der Waals surface area contributed by atoms with Crippen molar-refractivity contribution in [3.8, 4) is 5.75 Å². The fourth-order valence-electron chi connectivity index (χ4n) is 5.57. The number of rotatable bonds is 7. The minimum atomic E-state index is -0.977. The van der Waals surface area contributed by atoms with E-state index in [-0.39, 0.29) is 23.6 Å². The zero-order chi connectivity index (χ0) is 23.8.